The molecule has 7 N–H and O–H groups in total. The SMILES string of the molecule is O=S(=O)(O)O/N=C(\Cc1c[nH]c2cccc(O)c12)S[C@@H]1O[C@H](CO)[C@H](O)[C@@H](O)[C@H]1O. The number of hydrogen-bond acceptors (Lipinski definition) is 11. The molecule has 0 spiro atoms. The fourth-order valence-electron chi connectivity index (χ4n) is 3.02. The minimum atomic E-state index is -4.93. The van der Waals surface area contributed by atoms with Crippen molar-refractivity contribution in [3.05, 3.63) is 30.0 Å². The number of aliphatic hydroxyl groups excluding tert-OH is 4. The van der Waals surface area contributed by atoms with Crippen LogP contribution in [0.5, 0.6) is 5.75 Å². The Labute approximate surface area is 174 Å². The molecule has 2 heterocycles. The Hall–Kier alpha value is -1.91. The Morgan fingerprint density at radius 1 is 1.23 bits per heavy atom. The zero-order valence-corrected chi connectivity index (χ0v) is 16.8. The van der Waals surface area contributed by atoms with Crippen LogP contribution in [-0.2, 0) is 25.8 Å². The van der Waals surface area contributed by atoms with Gasteiger partial charge in [-0.05, 0) is 17.7 Å². The first kappa shape index (κ1) is 22.8. The number of benzene rings is 1. The molecule has 1 aliphatic rings. The van der Waals surface area contributed by atoms with Gasteiger partial charge in [-0.1, -0.05) is 23.0 Å². The van der Waals surface area contributed by atoms with Crippen molar-refractivity contribution in [2.24, 2.45) is 5.16 Å². The van der Waals surface area contributed by atoms with Gasteiger partial charge in [0.1, 0.15) is 40.6 Å². The van der Waals surface area contributed by atoms with Crippen molar-refractivity contribution in [3.63, 3.8) is 0 Å². The minimum absolute atomic E-state index is 0.0448. The summed E-state index contributed by atoms with van der Waals surface area (Å²) in [5.74, 6) is -0.0448. The highest BCUT2D eigenvalue weighted by atomic mass is 32.3. The smallest absolute Gasteiger partial charge is 0.466 e. The fourth-order valence-corrected chi connectivity index (χ4v) is 4.34. The molecule has 1 aliphatic heterocycles. The normalized spacial score (nSPS) is 28.0. The van der Waals surface area contributed by atoms with E-state index >= 15 is 0 Å². The van der Waals surface area contributed by atoms with Crippen LogP contribution in [0.25, 0.3) is 10.9 Å². The van der Waals surface area contributed by atoms with Gasteiger partial charge in [0.2, 0.25) is 0 Å². The summed E-state index contributed by atoms with van der Waals surface area (Å²) in [5, 5.41) is 53.1. The van der Waals surface area contributed by atoms with Crippen molar-refractivity contribution in [3.8, 4) is 5.75 Å². The van der Waals surface area contributed by atoms with E-state index in [9.17, 15) is 34.0 Å². The van der Waals surface area contributed by atoms with Gasteiger partial charge in [-0.3, -0.25) is 4.55 Å². The molecule has 14 heteroatoms. The van der Waals surface area contributed by atoms with E-state index in [1.165, 1.54) is 6.07 Å². The lowest BCUT2D eigenvalue weighted by Gasteiger charge is -2.39. The van der Waals surface area contributed by atoms with Crippen LogP contribution < -0.4 is 0 Å². The number of aliphatic hydroxyl groups is 4. The predicted molar refractivity (Wildman–Crippen MR) is 105 cm³/mol. The third kappa shape index (κ3) is 5.04. The molecule has 30 heavy (non-hydrogen) atoms. The zero-order valence-electron chi connectivity index (χ0n) is 15.2. The molecular weight excluding hydrogens is 444 g/mol. The van der Waals surface area contributed by atoms with Crippen molar-refractivity contribution in [2.75, 3.05) is 6.61 Å². The topological polar surface area (TPSA) is 202 Å². The fraction of sp³-hybridized carbons (Fsp3) is 0.438. The quantitative estimate of drug-likeness (QED) is 0.121. The van der Waals surface area contributed by atoms with Crippen LogP contribution in [0.15, 0.2) is 29.6 Å². The van der Waals surface area contributed by atoms with Gasteiger partial charge in [0.05, 0.1) is 6.61 Å². The van der Waals surface area contributed by atoms with Crippen LogP contribution in [0, 0.1) is 0 Å². The molecule has 1 saturated heterocycles. The molecule has 0 saturated carbocycles. The molecule has 5 atom stereocenters. The van der Waals surface area contributed by atoms with Crippen LogP contribution in [0.3, 0.4) is 0 Å². The number of phenolic OH excluding ortho intramolecular Hbond substituents is 1. The lowest BCUT2D eigenvalue weighted by atomic mass is 10.0. The van der Waals surface area contributed by atoms with E-state index < -0.39 is 46.9 Å². The van der Waals surface area contributed by atoms with E-state index in [1.54, 1.807) is 18.3 Å². The Morgan fingerprint density at radius 3 is 2.63 bits per heavy atom. The molecule has 0 aliphatic carbocycles. The lowest BCUT2D eigenvalue weighted by Crippen LogP contribution is -2.57. The number of aromatic nitrogens is 1. The minimum Gasteiger partial charge on any atom is -0.507 e. The summed E-state index contributed by atoms with van der Waals surface area (Å²) in [6.07, 6.45) is -4.58. The standard InChI is InChI=1S/C16H20N2O10S2/c19-6-10-13(21)14(22)15(23)16(27-10)29-11(18-28-30(24,25)26)4-7-5-17-8-2-1-3-9(20)12(7)8/h1-3,5,10,13-17,19-23H,4,6H2,(H,24,25,26)/b18-11+/t10-,13+,14-,15-,16+/m1/s1. The third-order valence-corrected chi connectivity index (χ3v) is 5.82. The average Bonchev–Trinajstić information content (AvgIpc) is 3.10. The Bertz CT molecular complexity index is 1020. The van der Waals surface area contributed by atoms with Gasteiger partial charge in [0, 0.05) is 23.5 Å². The largest absolute Gasteiger partial charge is 0.507 e. The molecule has 3 rings (SSSR count). The summed E-state index contributed by atoms with van der Waals surface area (Å²) in [7, 11) is -4.93. The van der Waals surface area contributed by atoms with Gasteiger partial charge >= 0.3 is 10.4 Å². The number of nitrogens with zero attached hydrogens (tertiary/aromatic N) is 1. The first-order valence-electron chi connectivity index (χ1n) is 8.58. The van der Waals surface area contributed by atoms with Crippen molar-refractivity contribution in [1.82, 2.24) is 4.98 Å². The number of rotatable bonds is 6. The second-order valence-corrected chi connectivity index (χ2v) is 8.67. The highest BCUT2D eigenvalue weighted by molar-refractivity contribution is 8.14. The summed E-state index contributed by atoms with van der Waals surface area (Å²) < 4.78 is 40.2. The van der Waals surface area contributed by atoms with Gasteiger partial charge in [-0.25, -0.2) is 4.28 Å². The molecule has 12 nitrogen and oxygen atoms in total. The summed E-state index contributed by atoms with van der Waals surface area (Å²) in [4.78, 5) is 2.93. The van der Waals surface area contributed by atoms with Gasteiger partial charge < -0.3 is 35.3 Å². The second-order valence-electron chi connectivity index (χ2n) is 6.49. The molecule has 0 radical (unpaired) electrons. The summed E-state index contributed by atoms with van der Waals surface area (Å²) in [6, 6.07) is 4.78. The molecule has 2 aromatic rings. The van der Waals surface area contributed by atoms with E-state index in [0.29, 0.717) is 28.2 Å². The van der Waals surface area contributed by atoms with E-state index in [-0.39, 0.29) is 17.2 Å². The maximum atomic E-state index is 10.9. The molecule has 0 amide bonds. The summed E-state index contributed by atoms with van der Waals surface area (Å²) >= 11 is 0.651. The number of oxime groups is 1. The molecule has 0 bridgehead atoms. The first-order chi connectivity index (χ1) is 14.1. The van der Waals surface area contributed by atoms with Crippen molar-refractivity contribution in [1.29, 1.82) is 0 Å². The van der Waals surface area contributed by atoms with Crippen LogP contribution in [-0.4, -0.2) is 85.0 Å². The highest BCUT2D eigenvalue weighted by Crippen LogP contribution is 2.33. The van der Waals surface area contributed by atoms with Gasteiger partial charge in [-0.15, -0.1) is 0 Å². The van der Waals surface area contributed by atoms with E-state index in [1.807, 2.05) is 0 Å². The number of phenols is 1. The Morgan fingerprint density at radius 2 is 1.97 bits per heavy atom. The van der Waals surface area contributed by atoms with Crippen molar-refractivity contribution in [2.45, 2.75) is 36.3 Å². The molecule has 1 fully saturated rings. The second kappa shape index (κ2) is 9.07. The maximum absolute atomic E-state index is 10.9. The number of thioether (sulfide) groups is 1. The van der Waals surface area contributed by atoms with Crippen LogP contribution >= 0.6 is 11.8 Å². The Balaban J connectivity index is 1.89. The third-order valence-electron chi connectivity index (χ3n) is 4.44. The number of aromatic hydroxyl groups is 1. The van der Waals surface area contributed by atoms with Gasteiger partial charge in [-0.2, -0.15) is 8.42 Å². The van der Waals surface area contributed by atoms with Crippen molar-refractivity contribution < 1.29 is 47.5 Å². The summed E-state index contributed by atoms with van der Waals surface area (Å²) in [5.41, 5.74) is -0.182. The highest BCUT2D eigenvalue weighted by Gasteiger charge is 2.44. The molecule has 1 aromatic heterocycles. The van der Waals surface area contributed by atoms with Crippen LogP contribution in [0.2, 0.25) is 0 Å². The number of ether oxygens (including phenoxy) is 1. The maximum Gasteiger partial charge on any atom is 0.466 e. The number of aromatic amines is 1. The Kier molecular flexibility index (Phi) is 6.88. The zero-order chi connectivity index (χ0) is 22.1. The number of fused-ring (bicyclic) bond motifs is 1. The van der Waals surface area contributed by atoms with E-state index in [2.05, 4.69) is 14.4 Å². The molecule has 166 valence electrons. The molecular formula is C16H20N2O10S2. The molecule has 0 unspecified atom stereocenters. The summed E-state index contributed by atoms with van der Waals surface area (Å²) in [6.45, 7) is -0.647. The van der Waals surface area contributed by atoms with Crippen LogP contribution in [0.1, 0.15) is 5.56 Å². The van der Waals surface area contributed by atoms with E-state index in [0.717, 1.165) is 0 Å². The van der Waals surface area contributed by atoms with E-state index in [4.69, 9.17) is 9.29 Å². The number of nitrogens with one attached hydrogen (secondary N) is 1. The van der Waals surface area contributed by atoms with Crippen LogP contribution in [0.4, 0.5) is 0 Å². The number of hydrogen-bond donors (Lipinski definition) is 7. The average molecular weight is 464 g/mol. The predicted octanol–water partition coefficient (Wildman–Crippen LogP) is -0.918. The molecule has 1 aromatic carbocycles. The lowest BCUT2D eigenvalue weighted by molar-refractivity contribution is -0.205. The van der Waals surface area contributed by atoms with Crippen molar-refractivity contribution >= 4 is 38.1 Å². The first-order valence-corrected chi connectivity index (χ1v) is 10.8. The van der Waals surface area contributed by atoms with Gasteiger partial charge in [0.25, 0.3) is 0 Å². The monoisotopic (exact) mass is 464 g/mol. The van der Waals surface area contributed by atoms with Gasteiger partial charge in [0.15, 0.2) is 0 Å². The number of H-pyrrole nitrogens is 1.